The molecule has 0 amide bonds. The second-order valence-electron chi connectivity index (χ2n) is 4.20. The highest BCUT2D eigenvalue weighted by atomic mass is 79.9. The maximum absolute atomic E-state index is 12.1. The number of alkyl halides is 1. The van der Waals surface area contributed by atoms with E-state index < -0.39 is 14.8 Å². The Bertz CT molecular complexity index is 272. The van der Waals surface area contributed by atoms with Crippen LogP contribution in [0.1, 0.15) is 20.8 Å². The molecule has 0 aliphatic rings. The first-order valence-electron chi connectivity index (χ1n) is 4.82. The molecule has 0 radical (unpaired) electrons. The van der Waals surface area contributed by atoms with E-state index in [1.54, 1.807) is 27.9 Å². The maximum atomic E-state index is 12.1. The van der Waals surface area contributed by atoms with Crippen molar-refractivity contribution in [3.63, 3.8) is 0 Å². The summed E-state index contributed by atoms with van der Waals surface area (Å²) in [5, 5.41) is 0.631. The Hall–Kier alpha value is 0.350. The highest BCUT2D eigenvalue weighted by molar-refractivity contribution is 9.09. The zero-order valence-electron chi connectivity index (χ0n) is 9.79. The number of rotatable bonds is 6. The lowest BCUT2D eigenvalue weighted by molar-refractivity contribution is 0.180. The second-order valence-corrected chi connectivity index (χ2v) is 7.68. The molecule has 0 rings (SSSR count). The third-order valence-electron chi connectivity index (χ3n) is 1.99. The molecule has 15 heavy (non-hydrogen) atoms. The predicted molar refractivity (Wildman–Crippen MR) is 65.9 cm³/mol. The molecule has 0 atom stereocenters. The van der Waals surface area contributed by atoms with Crippen LogP contribution < -0.4 is 0 Å². The van der Waals surface area contributed by atoms with E-state index >= 15 is 0 Å². The van der Waals surface area contributed by atoms with Gasteiger partial charge in [-0.15, -0.1) is 0 Å². The lowest BCUT2D eigenvalue weighted by Crippen LogP contribution is -2.45. The minimum absolute atomic E-state index is 0.404. The summed E-state index contributed by atoms with van der Waals surface area (Å²) in [6.07, 6.45) is 0. The fourth-order valence-electron chi connectivity index (χ4n) is 1.03. The van der Waals surface area contributed by atoms with Crippen molar-refractivity contribution in [3.05, 3.63) is 0 Å². The number of methoxy groups -OCH3 is 1. The van der Waals surface area contributed by atoms with Gasteiger partial charge in [0.05, 0.1) is 11.4 Å². The van der Waals surface area contributed by atoms with Gasteiger partial charge in [0.25, 0.3) is 0 Å². The van der Waals surface area contributed by atoms with Crippen molar-refractivity contribution in [2.75, 3.05) is 32.1 Å². The first-order valence-corrected chi connectivity index (χ1v) is 7.38. The van der Waals surface area contributed by atoms with Crippen LogP contribution in [0.5, 0.6) is 0 Å². The van der Waals surface area contributed by atoms with Gasteiger partial charge in [0.15, 0.2) is 0 Å². The number of hydrogen-bond acceptors (Lipinski definition) is 3. The number of hydrogen-bond donors (Lipinski definition) is 0. The summed E-state index contributed by atoms with van der Waals surface area (Å²) in [6.45, 7) is 6.41. The molecule has 0 bridgehead atoms. The normalized spacial score (nSPS) is 13.5. The van der Waals surface area contributed by atoms with Gasteiger partial charge >= 0.3 is 0 Å². The van der Waals surface area contributed by atoms with Crippen LogP contribution in [0.2, 0.25) is 0 Å². The second kappa shape index (κ2) is 6.18. The van der Waals surface area contributed by atoms with Crippen LogP contribution in [0.25, 0.3) is 0 Å². The van der Waals surface area contributed by atoms with Crippen LogP contribution in [-0.2, 0) is 14.8 Å². The molecule has 0 heterocycles. The molecular formula is C9H20BrNO3S. The molecule has 0 spiro atoms. The van der Waals surface area contributed by atoms with Crippen LogP contribution in [0, 0.1) is 0 Å². The zero-order valence-corrected chi connectivity index (χ0v) is 12.2. The number of halogens is 1. The van der Waals surface area contributed by atoms with Gasteiger partial charge in [0.1, 0.15) is 0 Å². The van der Waals surface area contributed by atoms with E-state index in [-0.39, 0.29) is 0 Å². The lowest BCUT2D eigenvalue weighted by atomic mass is 10.3. The van der Waals surface area contributed by atoms with E-state index in [0.29, 0.717) is 25.0 Å². The third kappa shape index (κ3) is 4.38. The average Bonchev–Trinajstić information content (AvgIpc) is 2.10. The summed E-state index contributed by atoms with van der Waals surface area (Å²) in [5.41, 5.74) is 0. The monoisotopic (exact) mass is 301 g/mol. The van der Waals surface area contributed by atoms with Crippen molar-refractivity contribution in [1.82, 2.24) is 4.31 Å². The molecule has 0 unspecified atom stereocenters. The Labute approximate surface area is 101 Å². The molecule has 0 aliphatic carbocycles. The summed E-state index contributed by atoms with van der Waals surface area (Å²) in [5.74, 6) is 0. The largest absolute Gasteiger partial charge is 0.383 e. The van der Waals surface area contributed by atoms with Gasteiger partial charge in [0.2, 0.25) is 10.0 Å². The van der Waals surface area contributed by atoms with Gasteiger partial charge < -0.3 is 4.74 Å². The number of ether oxygens (including phenoxy) is 1. The number of sulfonamides is 1. The maximum Gasteiger partial charge on any atom is 0.219 e. The first-order chi connectivity index (χ1) is 6.77. The van der Waals surface area contributed by atoms with Crippen molar-refractivity contribution >= 4 is 26.0 Å². The lowest BCUT2D eigenvalue weighted by Gasteiger charge is -2.29. The van der Waals surface area contributed by atoms with Gasteiger partial charge in [-0.3, -0.25) is 0 Å². The topological polar surface area (TPSA) is 46.6 Å². The number of nitrogens with zero attached hydrogens (tertiary/aromatic N) is 1. The van der Waals surface area contributed by atoms with Crippen LogP contribution in [0.15, 0.2) is 0 Å². The molecule has 0 aromatic heterocycles. The Kier molecular flexibility index (Phi) is 6.32. The standard InChI is InChI=1S/C9H20BrNO3S/c1-9(2,3)15(12,13)11(6-5-10)7-8-14-4/h5-8H2,1-4H3. The smallest absolute Gasteiger partial charge is 0.219 e. The highest BCUT2D eigenvalue weighted by Gasteiger charge is 2.34. The summed E-state index contributed by atoms with van der Waals surface area (Å²) in [6, 6.07) is 0. The molecule has 0 N–H and O–H groups in total. The molecule has 0 saturated heterocycles. The summed E-state index contributed by atoms with van der Waals surface area (Å²) in [7, 11) is -1.68. The fraction of sp³-hybridized carbons (Fsp3) is 1.00. The summed E-state index contributed by atoms with van der Waals surface area (Å²) < 4.78 is 29.8. The van der Waals surface area contributed by atoms with Crippen LogP contribution in [-0.4, -0.2) is 49.6 Å². The van der Waals surface area contributed by atoms with Gasteiger partial charge in [-0.05, 0) is 20.8 Å². The summed E-state index contributed by atoms with van der Waals surface area (Å²) >= 11 is 3.25. The fourth-order valence-corrected chi connectivity index (χ4v) is 3.11. The van der Waals surface area contributed by atoms with Crippen molar-refractivity contribution in [2.24, 2.45) is 0 Å². The van der Waals surface area contributed by atoms with Gasteiger partial charge in [-0.2, -0.15) is 4.31 Å². The molecule has 6 heteroatoms. The molecule has 0 aliphatic heterocycles. The van der Waals surface area contributed by atoms with E-state index in [9.17, 15) is 8.42 Å². The van der Waals surface area contributed by atoms with E-state index in [0.717, 1.165) is 0 Å². The Morgan fingerprint density at radius 2 is 1.80 bits per heavy atom. The van der Waals surface area contributed by atoms with Crippen LogP contribution in [0.3, 0.4) is 0 Å². The van der Waals surface area contributed by atoms with Crippen molar-refractivity contribution < 1.29 is 13.2 Å². The Morgan fingerprint density at radius 3 is 2.13 bits per heavy atom. The van der Waals surface area contributed by atoms with Gasteiger partial charge in [-0.1, -0.05) is 15.9 Å². The zero-order chi connectivity index (χ0) is 12.1. The van der Waals surface area contributed by atoms with Gasteiger partial charge in [-0.25, -0.2) is 8.42 Å². The van der Waals surface area contributed by atoms with E-state index in [4.69, 9.17) is 4.74 Å². The SMILES string of the molecule is COCCN(CCBr)S(=O)(=O)C(C)(C)C. The third-order valence-corrected chi connectivity index (χ3v) is 4.94. The van der Waals surface area contributed by atoms with Crippen molar-refractivity contribution in [2.45, 2.75) is 25.5 Å². The quantitative estimate of drug-likeness (QED) is 0.698. The van der Waals surface area contributed by atoms with Crippen LogP contribution in [0.4, 0.5) is 0 Å². The van der Waals surface area contributed by atoms with E-state index in [2.05, 4.69) is 15.9 Å². The minimum Gasteiger partial charge on any atom is -0.383 e. The first kappa shape index (κ1) is 15.3. The van der Waals surface area contributed by atoms with Crippen molar-refractivity contribution in [3.8, 4) is 0 Å². The van der Waals surface area contributed by atoms with E-state index in [1.165, 1.54) is 4.31 Å². The van der Waals surface area contributed by atoms with E-state index in [1.807, 2.05) is 0 Å². The Balaban J connectivity index is 4.75. The van der Waals surface area contributed by atoms with Crippen LogP contribution >= 0.6 is 15.9 Å². The van der Waals surface area contributed by atoms with Crippen molar-refractivity contribution in [1.29, 1.82) is 0 Å². The molecule has 0 aromatic rings. The minimum atomic E-state index is -3.25. The summed E-state index contributed by atoms with van der Waals surface area (Å²) in [4.78, 5) is 0. The Morgan fingerprint density at radius 1 is 1.27 bits per heavy atom. The molecule has 0 saturated carbocycles. The molecule has 4 nitrogen and oxygen atoms in total. The molecule has 92 valence electrons. The molecular weight excluding hydrogens is 282 g/mol. The molecule has 0 fully saturated rings. The average molecular weight is 302 g/mol. The highest BCUT2D eigenvalue weighted by Crippen LogP contribution is 2.19. The van der Waals surface area contributed by atoms with Gasteiger partial charge in [0, 0.05) is 25.5 Å². The predicted octanol–water partition coefficient (Wildman–Crippen LogP) is 1.46. The molecule has 0 aromatic carbocycles.